The van der Waals surface area contributed by atoms with E-state index >= 15 is 0 Å². The molecule has 0 aromatic heterocycles. The summed E-state index contributed by atoms with van der Waals surface area (Å²) >= 11 is 5.85. The largest absolute Gasteiger partial charge is 0.387 e. The molecule has 0 bridgehead atoms. The van der Waals surface area contributed by atoms with E-state index in [2.05, 4.69) is 5.32 Å². The Kier molecular flexibility index (Phi) is 5.12. The minimum absolute atomic E-state index is 0.0994. The molecule has 0 aliphatic heterocycles. The number of aliphatic hydroxyl groups is 1. The first kappa shape index (κ1) is 15.0. The van der Waals surface area contributed by atoms with Gasteiger partial charge in [0, 0.05) is 17.6 Å². The van der Waals surface area contributed by atoms with Gasteiger partial charge in [-0.15, -0.1) is 0 Å². The molecule has 0 fully saturated rings. The first-order chi connectivity index (χ1) is 9.56. The Morgan fingerprint density at radius 1 is 1.05 bits per heavy atom. The van der Waals surface area contributed by atoms with E-state index in [1.807, 2.05) is 31.2 Å². The fourth-order valence-electron chi connectivity index (χ4n) is 1.96. The van der Waals surface area contributed by atoms with Gasteiger partial charge < -0.3 is 10.4 Å². The lowest BCUT2D eigenvalue weighted by molar-refractivity contribution is 0.170. The summed E-state index contributed by atoms with van der Waals surface area (Å²) in [6.45, 7) is 2.41. The van der Waals surface area contributed by atoms with Crippen molar-refractivity contribution in [3.8, 4) is 0 Å². The van der Waals surface area contributed by atoms with Crippen LogP contribution in [0.15, 0.2) is 48.5 Å². The van der Waals surface area contributed by atoms with Gasteiger partial charge in [0.05, 0.1) is 6.10 Å². The molecule has 2 N–H and O–H groups in total. The zero-order valence-electron chi connectivity index (χ0n) is 11.2. The minimum Gasteiger partial charge on any atom is -0.387 e. The van der Waals surface area contributed by atoms with Crippen LogP contribution in [0.2, 0.25) is 5.02 Å². The summed E-state index contributed by atoms with van der Waals surface area (Å²) in [6, 6.07) is 13.6. The number of nitrogens with one attached hydrogen (secondary N) is 1. The van der Waals surface area contributed by atoms with Crippen LogP contribution in [0, 0.1) is 5.82 Å². The van der Waals surface area contributed by atoms with Crippen LogP contribution < -0.4 is 5.32 Å². The van der Waals surface area contributed by atoms with Crippen molar-refractivity contribution < 1.29 is 9.50 Å². The highest BCUT2D eigenvalue weighted by Gasteiger charge is 2.10. The number of hydrogen-bond acceptors (Lipinski definition) is 2. The predicted molar refractivity (Wildman–Crippen MR) is 79.2 cm³/mol. The molecule has 2 rings (SSSR count). The van der Waals surface area contributed by atoms with Crippen molar-refractivity contribution in [2.75, 3.05) is 6.54 Å². The van der Waals surface area contributed by atoms with Crippen LogP contribution in [0.3, 0.4) is 0 Å². The van der Waals surface area contributed by atoms with Gasteiger partial charge in [-0.3, -0.25) is 0 Å². The molecule has 1 unspecified atom stereocenters. The molecule has 4 heteroatoms. The normalized spacial score (nSPS) is 14.0. The molecule has 20 heavy (non-hydrogen) atoms. The van der Waals surface area contributed by atoms with Gasteiger partial charge in [0.2, 0.25) is 0 Å². The highest BCUT2D eigenvalue weighted by molar-refractivity contribution is 6.30. The van der Waals surface area contributed by atoms with Crippen LogP contribution in [-0.2, 0) is 0 Å². The van der Waals surface area contributed by atoms with Crippen molar-refractivity contribution in [2.45, 2.75) is 19.1 Å². The fourth-order valence-corrected chi connectivity index (χ4v) is 2.09. The molecule has 0 aliphatic carbocycles. The van der Waals surface area contributed by atoms with Crippen molar-refractivity contribution >= 4 is 11.6 Å². The van der Waals surface area contributed by atoms with E-state index in [1.54, 1.807) is 12.1 Å². The second-order valence-electron chi connectivity index (χ2n) is 4.75. The summed E-state index contributed by atoms with van der Waals surface area (Å²) in [5, 5.41) is 14.0. The molecule has 2 nitrogen and oxygen atoms in total. The Balaban J connectivity index is 1.91. The Morgan fingerprint density at radius 2 is 1.60 bits per heavy atom. The van der Waals surface area contributed by atoms with E-state index in [4.69, 9.17) is 11.6 Å². The lowest BCUT2D eigenvalue weighted by Gasteiger charge is -2.18. The average Bonchev–Trinajstić information content (AvgIpc) is 2.46. The Hall–Kier alpha value is -1.42. The zero-order valence-corrected chi connectivity index (χ0v) is 11.9. The molecule has 2 atom stereocenters. The second kappa shape index (κ2) is 6.84. The van der Waals surface area contributed by atoms with Gasteiger partial charge in [0.1, 0.15) is 5.82 Å². The smallest absolute Gasteiger partial charge is 0.123 e. The molecule has 0 radical (unpaired) electrons. The van der Waals surface area contributed by atoms with Gasteiger partial charge in [-0.25, -0.2) is 4.39 Å². The maximum atomic E-state index is 12.8. The highest BCUT2D eigenvalue weighted by Crippen LogP contribution is 2.18. The minimum atomic E-state index is -0.662. The number of halogens is 2. The average molecular weight is 294 g/mol. The second-order valence-corrected chi connectivity index (χ2v) is 5.19. The van der Waals surface area contributed by atoms with E-state index in [0.717, 1.165) is 5.56 Å². The molecular weight excluding hydrogens is 277 g/mol. The summed E-state index contributed by atoms with van der Waals surface area (Å²) < 4.78 is 12.8. The summed E-state index contributed by atoms with van der Waals surface area (Å²) in [5.74, 6) is -0.302. The van der Waals surface area contributed by atoms with Gasteiger partial charge in [-0.1, -0.05) is 35.9 Å². The lowest BCUT2D eigenvalue weighted by atomic mass is 10.1. The summed E-state index contributed by atoms with van der Waals surface area (Å²) in [6.07, 6.45) is -0.662. The quantitative estimate of drug-likeness (QED) is 0.877. The summed E-state index contributed by atoms with van der Waals surface area (Å²) in [5.41, 5.74) is 1.79. The lowest BCUT2D eigenvalue weighted by Crippen LogP contribution is -2.24. The third kappa shape index (κ3) is 4.04. The Labute approximate surface area is 123 Å². The van der Waals surface area contributed by atoms with Crippen LogP contribution in [0.4, 0.5) is 4.39 Å². The Morgan fingerprint density at radius 3 is 2.20 bits per heavy atom. The fraction of sp³-hybridized carbons (Fsp3) is 0.250. The monoisotopic (exact) mass is 293 g/mol. The van der Waals surface area contributed by atoms with E-state index in [-0.39, 0.29) is 11.9 Å². The molecule has 0 heterocycles. The zero-order chi connectivity index (χ0) is 14.5. The molecule has 0 aliphatic rings. The summed E-state index contributed by atoms with van der Waals surface area (Å²) in [4.78, 5) is 0. The first-order valence-electron chi connectivity index (χ1n) is 6.48. The van der Waals surface area contributed by atoms with E-state index in [1.165, 1.54) is 12.1 Å². The van der Waals surface area contributed by atoms with Crippen LogP contribution in [0.25, 0.3) is 0 Å². The maximum absolute atomic E-state index is 12.8. The SMILES string of the molecule is C[C@H](NCC(O)c1ccc(F)cc1)c1ccc(Cl)cc1. The number of benzene rings is 2. The van der Waals surface area contributed by atoms with Gasteiger partial charge in [0.15, 0.2) is 0 Å². The molecular formula is C16H17ClFNO. The highest BCUT2D eigenvalue weighted by atomic mass is 35.5. The summed E-state index contributed by atoms with van der Waals surface area (Å²) in [7, 11) is 0. The molecule has 0 saturated carbocycles. The van der Waals surface area contributed by atoms with Crippen molar-refractivity contribution in [1.29, 1.82) is 0 Å². The molecule has 0 spiro atoms. The van der Waals surface area contributed by atoms with Gasteiger partial charge >= 0.3 is 0 Å². The van der Waals surface area contributed by atoms with E-state index in [0.29, 0.717) is 17.1 Å². The number of hydrogen-bond donors (Lipinski definition) is 2. The molecule has 0 amide bonds. The molecule has 2 aromatic carbocycles. The van der Waals surface area contributed by atoms with Crippen molar-refractivity contribution in [1.82, 2.24) is 5.32 Å². The van der Waals surface area contributed by atoms with Gasteiger partial charge in [-0.2, -0.15) is 0 Å². The van der Waals surface area contributed by atoms with Crippen LogP contribution in [0.5, 0.6) is 0 Å². The van der Waals surface area contributed by atoms with Gasteiger partial charge in [0.25, 0.3) is 0 Å². The van der Waals surface area contributed by atoms with E-state index in [9.17, 15) is 9.50 Å². The molecule has 2 aromatic rings. The van der Waals surface area contributed by atoms with Gasteiger partial charge in [-0.05, 0) is 42.3 Å². The topological polar surface area (TPSA) is 32.3 Å². The Bertz CT molecular complexity index is 490. The van der Waals surface area contributed by atoms with Crippen LogP contribution in [-0.4, -0.2) is 11.7 Å². The van der Waals surface area contributed by atoms with Crippen molar-refractivity contribution in [3.63, 3.8) is 0 Å². The molecule has 0 saturated heterocycles. The number of aliphatic hydroxyl groups excluding tert-OH is 1. The maximum Gasteiger partial charge on any atom is 0.123 e. The van der Waals surface area contributed by atoms with Crippen molar-refractivity contribution in [3.05, 3.63) is 70.5 Å². The van der Waals surface area contributed by atoms with E-state index < -0.39 is 6.10 Å². The van der Waals surface area contributed by atoms with Crippen LogP contribution >= 0.6 is 11.6 Å². The first-order valence-corrected chi connectivity index (χ1v) is 6.86. The number of rotatable bonds is 5. The van der Waals surface area contributed by atoms with Crippen LogP contribution in [0.1, 0.15) is 30.2 Å². The standard InChI is InChI=1S/C16H17ClFNO/c1-11(12-2-6-14(17)7-3-12)19-10-16(20)13-4-8-15(18)9-5-13/h2-9,11,16,19-20H,10H2,1H3/t11-,16?/m0/s1. The molecule has 106 valence electrons. The third-order valence-electron chi connectivity index (χ3n) is 3.24. The van der Waals surface area contributed by atoms with Crippen molar-refractivity contribution in [2.24, 2.45) is 0 Å². The third-order valence-corrected chi connectivity index (χ3v) is 3.49. The predicted octanol–water partition coefficient (Wildman–Crippen LogP) is 3.86.